The van der Waals surface area contributed by atoms with Gasteiger partial charge in [0.15, 0.2) is 0 Å². The number of amides is 10. The second-order valence-corrected chi connectivity index (χ2v) is 17.0. The minimum atomic E-state index is -1.66. The molecule has 0 fully saturated rings. The van der Waals surface area contributed by atoms with E-state index < -0.39 is 138 Å². The lowest BCUT2D eigenvalue weighted by molar-refractivity contribution is -0.142. The summed E-state index contributed by atoms with van der Waals surface area (Å²) in [6.07, 6.45) is 2.16. The first kappa shape index (κ1) is 61.3. The van der Waals surface area contributed by atoms with Gasteiger partial charge in [-0.25, -0.2) is 9.78 Å². The fourth-order valence-electron chi connectivity index (χ4n) is 6.51. The van der Waals surface area contributed by atoms with Gasteiger partial charge < -0.3 is 80.2 Å². The molecule has 0 saturated carbocycles. The number of nitrogens with two attached hydrogens (primary N) is 3. The van der Waals surface area contributed by atoms with Gasteiger partial charge in [-0.1, -0.05) is 40.5 Å². The molecule has 0 aliphatic heterocycles. The molecule has 1 aromatic heterocycles. The van der Waals surface area contributed by atoms with Crippen LogP contribution in [-0.2, 0) is 59.2 Å². The second kappa shape index (κ2) is 31.4. The van der Waals surface area contributed by atoms with Crippen molar-refractivity contribution in [1.29, 1.82) is 0 Å². The zero-order valence-electron chi connectivity index (χ0n) is 40.8. The number of aromatic amines is 1. The Morgan fingerprint density at radius 3 is 1.59 bits per heavy atom. The molecule has 1 heterocycles. The summed E-state index contributed by atoms with van der Waals surface area (Å²) in [6.45, 7) is 10.1. The van der Waals surface area contributed by atoms with Crippen LogP contribution in [0.5, 0.6) is 0 Å². The van der Waals surface area contributed by atoms with Crippen LogP contribution in [0, 0.1) is 11.8 Å². The molecule has 0 aliphatic rings. The standard InChI is InChI=1S/C43H74N14O13/c1-8-21(3)33(40(66)54-29(16-26-18-47-20-49-26)39(65)51-23(5)36(62)53-28(43(69)70)13-14-30(46)59)55-41(67)34(22(4)9-2)56-42(68)35(25(7)58)57-37(63)24(6)50-38(64)27(12-10-11-15-44)52-32(61)19-48-31(60)17-45/h18,20-25,27-29,33-35,58H,8-17,19,44-45H2,1-7H3,(H2,46,59)(H,47,49)(H,48,60)(H,50,64)(H,51,65)(H,52,61)(H,53,62)(H,54,66)(H,55,67)(H,56,68)(H,57,63)(H,69,70)/t21-,22-,23-,24-,25+,27-,28-,29-,33-,34-,35-/m0/s1. The van der Waals surface area contributed by atoms with Gasteiger partial charge in [0, 0.05) is 19.0 Å². The lowest BCUT2D eigenvalue weighted by Crippen LogP contribution is -2.63. The van der Waals surface area contributed by atoms with Crippen molar-refractivity contribution in [2.24, 2.45) is 29.0 Å². The molecule has 18 N–H and O–H groups in total. The summed E-state index contributed by atoms with van der Waals surface area (Å²) in [6, 6.07) is -11.0. The number of hydrogen-bond donors (Lipinski definition) is 15. The number of aromatic nitrogens is 2. The van der Waals surface area contributed by atoms with Crippen LogP contribution in [0.3, 0.4) is 0 Å². The van der Waals surface area contributed by atoms with Crippen LogP contribution in [0.4, 0.5) is 0 Å². The number of aliphatic hydroxyl groups excluding tert-OH is 1. The third kappa shape index (κ3) is 21.7. The fraction of sp³-hybridized carbons (Fsp3) is 0.674. The van der Waals surface area contributed by atoms with Crippen LogP contribution in [0.2, 0.25) is 0 Å². The van der Waals surface area contributed by atoms with Crippen molar-refractivity contribution in [2.75, 3.05) is 19.6 Å². The molecule has 394 valence electrons. The van der Waals surface area contributed by atoms with Gasteiger partial charge >= 0.3 is 5.97 Å². The van der Waals surface area contributed by atoms with Gasteiger partial charge in [0.1, 0.15) is 48.3 Å². The average Bonchev–Trinajstić information content (AvgIpc) is 3.83. The predicted octanol–water partition coefficient (Wildman–Crippen LogP) is -5.10. The summed E-state index contributed by atoms with van der Waals surface area (Å²) >= 11 is 0. The van der Waals surface area contributed by atoms with Gasteiger partial charge in [0.25, 0.3) is 0 Å². The molecular formula is C43H74N14O13. The Labute approximate surface area is 406 Å². The van der Waals surface area contributed by atoms with E-state index in [-0.39, 0.29) is 32.2 Å². The van der Waals surface area contributed by atoms with Gasteiger partial charge in [-0.3, -0.25) is 47.9 Å². The summed E-state index contributed by atoms with van der Waals surface area (Å²) in [5.41, 5.74) is 16.3. The third-order valence-electron chi connectivity index (χ3n) is 11.3. The fourth-order valence-corrected chi connectivity index (χ4v) is 6.51. The molecule has 0 saturated heterocycles. The summed E-state index contributed by atoms with van der Waals surface area (Å²) in [5.74, 6) is -10.8. The van der Waals surface area contributed by atoms with Gasteiger partial charge in [-0.2, -0.15) is 0 Å². The number of carbonyl (C=O) groups is 11. The van der Waals surface area contributed by atoms with Gasteiger partial charge in [-0.15, -0.1) is 0 Å². The van der Waals surface area contributed by atoms with Crippen LogP contribution in [-0.4, -0.2) is 159 Å². The Balaban J connectivity index is 3.27. The first-order valence-electron chi connectivity index (χ1n) is 23.2. The molecule has 10 amide bonds. The molecule has 70 heavy (non-hydrogen) atoms. The summed E-state index contributed by atoms with van der Waals surface area (Å²) in [7, 11) is 0. The molecule has 0 bridgehead atoms. The van der Waals surface area contributed by atoms with Crippen LogP contribution in [0.1, 0.15) is 99.1 Å². The number of imidazole rings is 1. The Kier molecular flexibility index (Phi) is 27.5. The maximum absolute atomic E-state index is 14.1. The Morgan fingerprint density at radius 1 is 0.614 bits per heavy atom. The highest BCUT2D eigenvalue weighted by Gasteiger charge is 2.37. The van der Waals surface area contributed by atoms with E-state index >= 15 is 0 Å². The molecular weight excluding hydrogens is 921 g/mol. The molecule has 0 aliphatic carbocycles. The number of carbonyl (C=O) groups excluding carboxylic acids is 10. The van der Waals surface area contributed by atoms with Gasteiger partial charge in [0.2, 0.25) is 59.1 Å². The summed E-state index contributed by atoms with van der Waals surface area (Å²) < 4.78 is 0. The highest BCUT2D eigenvalue weighted by Crippen LogP contribution is 2.14. The van der Waals surface area contributed by atoms with E-state index in [2.05, 4.69) is 57.8 Å². The zero-order chi connectivity index (χ0) is 53.2. The normalized spacial score (nSPS) is 15.7. The molecule has 1 aromatic rings. The summed E-state index contributed by atoms with van der Waals surface area (Å²) in [4.78, 5) is 149. The molecule has 0 aromatic carbocycles. The van der Waals surface area contributed by atoms with Crippen molar-refractivity contribution in [3.8, 4) is 0 Å². The number of aliphatic hydroxyl groups is 1. The van der Waals surface area contributed by atoms with Crippen molar-refractivity contribution in [2.45, 2.75) is 154 Å². The second-order valence-electron chi connectivity index (χ2n) is 17.0. The van der Waals surface area contributed by atoms with E-state index in [9.17, 15) is 63.0 Å². The first-order chi connectivity index (χ1) is 32.9. The van der Waals surface area contributed by atoms with E-state index in [0.717, 1.165) is 0 Å². The van der Waals surface area contributed by atoms with E-state index in [1.54, 1.807) is 27.7 Å². The van der Waals surface area contributed by atoms with Gasteiger partial charge in [-0.05, 0) is 64.8 Å². The monoisotopic (exact) mass is 995 g/mol. The highest BCUT2D eigenvalue weighted by atomic mass is 16.4. The highest BCUT2D eigenvalue weighted by molar-refractivity contribution is 5.98. The number of carboxylic acids is 1. The Hall–Kier alpha value is -6.74. The number of H-pyrrole nitrogens is 1. The minimum Gasteiger partial charge on any atom is -0.480 e. The largest absolute Gasteiger partial charge is 0.480 e. The molecule has 27 heteroatoms. The number of unbranched alkanes of at least 4 members (excludes halogenated alkanes) is 1. The van der Waals surface area contributed by atoms with Crippen molar-refractivity contribution < 1.29 is 63.0 Å². The molecule has 0 unspecified atom stereocenters. The van der Waals surface area contributed by atoms with Crippen LogP contribution in [0.15, 0.2) is 12.5 Å². The van der Waals surface area contributed by atoms with Crippen LogP contribution < -0.4 is 65.1 Å². The Bertz CT molecular complexity index is 1940. The molecule has 0 spiro atoms. The first-order valence-corrected chi connectivity index (χ1v) is 23.2. The number of rotatable bonds is 33. The molecule has 27 nitrogen and oxygen atoms in total. The zero-order valence-corrected chi connectivity index (χ0v) is 40.8. The van der Waals surface area contributed by atoms with Crippen molar-refractivity contribution >= 4 is 65.0 Å². The summed E-state index contributed by atoms with van der Waals surface area (Å²) in [5, 5.41) is 42.4. The maximum atomic E-state index is 14.1. The smallest absolute Gasteiger partial charge is 0.326 e. The van der Waals surface area contributed by atoms with Gasteiger partial charge in [0.05, 0.1) is 31.2 Å². The van der Waals surface area contributed by atoms with E-state index in [1.165, 1.54) is 33.3 Å². The third-order valence-corrected chi connectivity index (χ3v) is 11.3. The molecule has 11 atom stereocenters. The number of nitrogens with zero attached hydrogens (tertiary/aromatic N) is 1. The lowest BCUT2D eigenvalue weighted by Gasteiger charge is -2.31. The van der Waals surface area contributed by atoms with Crippen molar-refractivity contribution in [3.63, 3.8) is 0 Å². The maximum Gasteiger partial charge on any atom is 0.326 e. The minimum absolute atomic E-state index is 0.131. The number of hydrogen-bond acceptors (Lipinski definition) is 15. The topological polar surface area (TPSA) is 443 Å². The lowest BCUT2D eigenvalue weighted by atomic mass is 9.94. The number of primary amides is 1. The average molecular weight is 995 g/mol. The van der Waals surface area contributed by atoms with E-state index in [0.29, 0.717) is 37.9 Å². The van der Waals surface area contributed by atoms with Crippen molar-refractivity contribution in [1.82, 2.24) is 57.8 Å². The molecule has 0 radical (unpaired) electrons. The predicted molar refractivity (Wildman–Crippen MR) is 251 cm³/mol. The number of carboxylic acid groups (broad SMARTS) is 1. The quantitative estimate of drug-likeness (QED) is 0.0293. The van der Waals surface area contributed by atoms with Crippen molar-refractivity contribution in [3.05, 3.63) is 18.2 Å². The van der Waals surface area contributed by atoms with Crippen LogP contribution in [0.25, 0.3) is 0 Å². The Morgan fingerprint density at radius 2 is 1.11 bits per heavy atom. The molecule has 1 rings (SSSR count). The van der Waals surface area contributed by atoms with E-state index in [1.807, 2.05) is 0 Å². The number of aliphatic carboxylic acids is 1. The van der Waals surface area contributed by atoms with Crippen LogP contribution >= 0.6 is 0 Å². The van der Waals surface area contributed by atoms with E-state index in [4.69, 9.17) is 17.2 Å². The SMILES string of the molecule is CC[C@H](C)[C@H](NC(=O)[C@@H](NC(=O)[C@H](C)NC(=O)[C@H](CCCCN)NC(=O)CNC(=O)CN)[C@@H](C)O)C(=O)N[C@H](C(=O)N[C@@H](Cc1c[nH]cn1)C(=O)N[C@@H](C)C(=O)N[C@@H](CCC(N)=O)C(=O)O)[C@@H](C)CC. The number of nitrogens with one attached hydrogen (secondary N) is 10.